The van der Waals surface area contributed by atoms with Crippen molar-refractivity contribution in [1.82, 2.24) is 9.62 Å². The van der Waals surface area contributed by atoms with Gasteiger partial charge < -0.3 is 5.32 Å². The number of nitrogens with one attached hydrogen (secondary N) is 1. The molecule has 0 heterocycles. The molecule has 2 saturated carbocycles. The van der Waals surface area contributed by atoms with Gasteiger partial charge in [-0.05, 0) is 25.7 Å². The third-order valence-corrected chi connectivity index (χ3v) is 5.18. The summed E-state index contributed by atoms with van der Waals surface area (Å²) in [5.74, 6) is -0.155. The van der Waals surface area contributed by atoms with E-state index >= 15 is 0 Å². The van der Waals surface area contributed by atoms with E-state index in [0.29, 0.717) is 0 Å². The summed E-state index contributed by atoms with van der Waals surface area (Å²) in [4.78, 5) is 11.9. The Morgan fingerprint density at radius 2 is 1.68 bits per heavy atom. The molecule has 5 nitrogen and oxygen atoms in total. The van der Waals surface area contributed by atoms with E-state index in [0.717, 1.165) is 38.5 Å². The maximum absolute atomic E-state index is 11.9. The van der Waals surface area contributed by atoms with Crippen molar-refractivity contribution < 1.29 is 13.2 Å². The van der Waals surface area contributed by atoms with Gasteiger partial charge in [0, 0.05) is 12.1 Å². The summed E-state index contributed by atoms with van der Waals surface area (Å²) in [5, 5.41) is 2.87. The van der Waals surface area contributed by atoms with Crippen LogP contribution in [-0.2, 0) is 14.8 Å². The zero-order valence-corrected chi connectivity index (χ0v) is 12.4. The first-order valence-electron chi connectivity index (χ1n) is 7.23. The van der Waals surface area contributed by atoms with Crippen LogP contribution in [0.3, 0.4) is 0 Å². The molecule has 0 spiro atoms. The van der Waals surface area contributed by atoms with Crippen LogP contribution in [0, 0.1) is 0 Å². The fourth-order valence-corrected chi connectivity index (χ4v) is 3.81. The lowest BCUT2D eigenvalue weighted by atomic mass is 10.1. The lowest BCUT2D eigenvalue weighted by Crippen LogP contribution is -2.46. The minimum Gasteiger partial charge on any atom is -0.352 e. The molecule has 2 fully saturated rings. The van der Waals surface area contributed by atoms with Crippen LogP contribution in [0.25, 0.3) is 0 Å². The zero-order valence-electron chi connectivity index (χ0n) is 11.6. The quantitative estimate of drug-likeness (QED) is 0.774. The van der Waals surface area contributed by atoms with E-state index in [1.807, 2.05) is 0 Å². The second-order valence-corrected chi connectivity index (χ2v) is 7.73. The molecule has 0 aromatic rings. The van der Waals surface area contributed by atoms with E-state index < -0.39 is 10.0 Å². The number of carbonyl (C=O) groups excluding carboxylic acids is 1. The van der Waals surface area contributed by atoms with Crippen molar-refractivity contribution in [3.05, 3.63) is 0 Å². The van der Waals surface area contributed by atoms with E-state index in [2.05, 4.69) is 5.32 Å². The molecule has 2 rings (SSSR count). The topological polar surface area (TPSA) is 66.5 Å². The van der Waals surface area contributed by atoms with Gasteiger partial charge >= 0.3 is 0 Å². The van der Waals surface area contributed by atoms with Crippen LogP contribution in [0.5, 0.6) is 0 Å². The van der Waals surface area contributed by atoms with Gasteiger partial charge in [0.15, 0.2) is 0 Å². The highest BCUT2D eigenvalue weighted by atomic mass is 32.2. The van der Waals surface area contributed by atoms with Crippen LogP contribution in [0.15, 0.2) is 0 Å². The summed E-state index contributed by atoms with van der Waals surface area (Å²) in [6.45, 7) is -0.0139. The molecular weight excluding hydrogens is 264 g/mol. The molecule has 0 aliphatic heterocycles. The average molecular weight is 288 g/mol. The molecule has 0 aromatic carbocycles. The van der Waals surface area contributed by atoms with Crippen LogP contribution in [-0.4, -0.2) is 43.5 Å². The van der Waals surface area contributed by atoms with Gasteiger partial charge in [-0.15, -0.1) is 0 Å². The summed E-state index contributed by atoms with van der Waals surface area (Å²) in [5.41, 5.74) is 0. The fraction of sp³-hybridized carbons (Fsp3) is 0.923. The Kier molecular flexibility index (Phi) is 4.84. The van der Waals surface area contributed by atoms with Gasteiger partial charge in [-0.2, -0.15) is 4.31 Å². The Hall–Kier alpha value is -0.620. The standard InChI is InChI=1S/C13H24N2O3S/c1-19(17,18)15(10-13(16)14-11-8-9-11)12-6-4-2-3-5-7-12/h11-12H,2-10H2,1H3,(H,14,16). The van der Waals surface area contributed by atoms with Crippen LogP contribution < -0.4 is 5.32 Å². The first kappa shape index (κ1) is 14.8. The fourth-order valence-electron chi connectivity index (χ4n) is 2.71. The Morgan fingerprint density at radius 1 is 1.11 bits per heavy atom. The Bertz CT molecular complexity index is 410. The second kappa shape index (κ2) is 6.22. The number of sulfonamides is 1. The molecule has 2 aliphatic rings. The predicted molar refractivity (Wildman–Crippen MR) is 74.2 cm³/mol. The highest BCUT2D eigenvalue weighted by Gasteiger charge is 2.31. The monoisotopic (exact) mass is 288 g/mol. The number of hydrogen-bond donors (Lipinski definition) is 1. The van der Waals surface area contributed by atoms with Gasteiger partial charge in [0.2, 0.25) is 15.9 Å². The smallest absolute Gasteiger partial charge is 0.235 e. The van der Waals surface area contributed by atoms with Crippen molar-refractivity contribution in [3.8, 4) is 0 Å². The molecule has 6 heteroatoms. The number of nitrogens with zero attached hydrogens (tertiary/aromatic N) is 1. The van der Waals surface area contributed by atoms with Crippen LogP contribution in [0.2, 0.25) is 0 Å². The minimum atomic E-state index is -3.32. The number of rotatable bonds is 5. The maximum atomic E-state index is 11.9. The first-order valence-corrected chi connectivity index (χ1v) is 9.08. The lowest BCUT2D eigenvalue weighted by molar-refractivity contribution is -0.121. The van der Waals surface area contributed by atoms with Gasteiger partial charge in [0.05, 0.1) is 12.8 Å². The van der Waals surface area contributed by atoms with Crippen molar-refractivity contribution >= 4 is 15.9 Å². The summed E-state index contributed by atoms with van der Waals surface area (Å²) >= 11 is 0. The van der Waals surface area contributed by atoms with Gasteiger partial charge in [0.25, 0.3) is 0 Å². The van der Waals surface area contributed by atoms with Gasteiger partial charge in [-0.1, -0.05) is 25.7 Å². The van der Waals surface area contributed by atoms with Crippen LogP contribution in [0.4, 0.5) is 0 Å². The molecular formula is C13H24N2O3S. The Balaban J connectivity index is 1.99. The average Bonchev–Trinajstić information content (AvgIpc) is 3.10. The van der Waals surface area contributed by atoms with Crippen LogP contribution in [0.1, 0.15) is 51.4 Å². The van der Waals surface area contributed by atoms with Crippen molar-refractivity contribution in [1.29, 1.82) is 0 Å². The highest BCUT2D eigenvalue weighted by Crippen LogP contribution is 2.24. The molecule has 0 saturated heterocycles. The summed E-state index contributed by atoms with van der Waals surface area (Å²) in [7, 11) is -3.32. The molecule has 0 radical (unpaired) electrons. The van der Waals surface area contributed by atoms with Crippen molar-refractivity contribution in [2.45, 2.75) is 63.5 Å². The number of carbonyl (C=O) groups is 1. The Morgan fingerprint density at radius 3 is 2.16 bits per heavy atom. The molecule has 0 unspecified atom stereocenters. The summed E-state index contributed by atoms with van der Waals surface area (Å²) in [6, 6.07) is 0.283. The predicted octanol–water partition coefficient (Wildman–Crippen LogP) is 1.25. The first-order chi connectivity index (χ1) is 8.97. The van der Waals surface area contributed by atoms with Crippen molar-refractivity contribution in [2.75, 3.05) is 12.8 Å². The third kappa shape index (κ3) is 4.76. The zero-order chi connectivity index (χ0) is 13.9. The van der Waals surface area contributed by atoms with E-state index in [1.165, 1.54) is 23.4 Å². The lowest BCUT2D eigenvalue weighted by Gasteiger charge is -2.28. The molecule has 0 bridgehead atoms. The van der Waals surface area contributed by atoms with Gasteiger partial charge in [-0.25, -0.2) is 8.42 Å². The maximum Gasteiger partial charge on any atom is 0.235 e. The van der Waals surface area contributed by atoms with E-state index in [-0.39, 0.29) is 24.5 Å². The van der Waals surface area contributed by atoms with Crippen molar-refractivity contribution in [2.24, 2.45) is 0 Å². The largest absolute Gasteiger partial charge is 0.352 e. The van der Waals surface area contributed by atoms with Gasteiger partial charge in [0.1, 0.15) is 0 Å². The molecule has 0 atom stereocenters. The molecule has 1 N–H and O–H groups in total. The highest BCUT2D eigenvalue weighted by molar-refractivity contribution is 7.88. The van der Waals surface area contributed by atoms with Crippen molar-refractivity contribution in [3.63, 3.8) is 0 Å². The molecule has 2 aliphatic carbocycles. The van der Waals surface area contributed by atoms with Crippen LogP contribution >= 0.6 is 0 Å². The SMILES string of the molecule is CS(=O)(=O)N(CC(=O)NC1CC1)C1CCCCCC1. The normalized spacial score (nSPS) is 22.2. The molecule has 19 heavy (non-hydrogen) atoms. The molecule has 0 aromatic heterocycles. The van der Waals surface area contributed by atoms with Gasteiger partial charge in [-0.3, -0.25) is 4.79 Å². The number of amides is 1. The van der Waals surface area contributed by atoms with E-state index in [1.54, 1.807) is 0 Å². The molecule has 1 amide bonds. The molecule has 110 valence electrons. The summed E-state index contributed by atoms with van der Waals surface area (Å²) < 4.78 is 25.3. The second-order valence-electron chi connectivity index (χ2n) is 5.80. The van der Waals surface area contributed by atoms with E-state index in [9.17, 15) is 13.2 Å². The van der Waals surface area contributed by atoms with E-state index in [4.69, 9.17) is 0 Å². The minimum absolute atomic E-state index is 0.00227. The Labute approximate surface area is 115 Å². The third-order valence-electron chi connectivity index (χ3n) is 3.90. The number of hydrogen-bond acceptors (Lipinski definition) is 3. The summed E-state index contributed by atoms with van der Waals surface area (Å²) in [6.07, 6.45) is 9.46.